The van der Waals surface area contributed by atoms with E-state index < -0.39 is 21.9 Å². The number of likely N-dealkylation sites (N-methyl/N-ethyl adjacent to an activating group) is 1. The number of methoxy groups -OCH3 is 1. The third-order valence-electron chi connectivity index (χ3n) is 4.51. The zero-order valence-corrected chi connectivity index (χ0v) is 17.7. The van der Waals surface area contributed by atoms with Gasteiger partial charge in [-0.1, -0.05) is 13.8 Å². The molecule has 8 nitrogen and oxygen atoms in total. The smallest absolute Gasteiger partial charge is 0.325 e. The third kappa shape index (κ3) is 5.45. The molecule has 9 heteroatoms. The number of benzene rings is 1. The van der Waals surface area contributed by atoms with Gasteiger partial charge >= 0.3 is 5.97 Å². The number of sulfonamides is 1. The highest BCUT2D eigenvalue weighted by molar-refractivity contribution is 7.89. The van der Waals surface area contributed by atoms with Crippen LogP contribution in [0.15, 0.2) is 23.1 Å². The molecule has 1 saturated heterocycles. The summed E-state index contributed by atoms with van der Waals surface area (Å²) in [4.78, 5) is 25.5. The molecule has 2 rings (SSSR count). The van der Waals surface area contributed by atoms with Gasteiger partial charge in [0, 0.05) is 37.9 Å². The maximum Gasteiger partial charge on any atom is 0.325 e. The van der Waals surface area contributed by atoms with Crippen LogP contribution in [0.25, 0.3) is 0 Å². The van der Waals surface area contributed by atoms with Crippen molar-refractivity contribution < 1.29 is 22.7 Å². The minimum Gasteiger partial charge on any atom is -0.468 e. The lowest BCUT2D eigenvalue weighted by molar-refractivity contribution is -0.141. The summed E-state index contributed by atoms with van der Waals surface area (Å²) in [5.74, 6) is -0.647. The molecule has 1 amide bonds. The van der Waals surface area contributed by atoms with E-state index >= 15 is 0 Å². The lowest BCUT2D eigenvalue weighted by atomic mass is 10.1. The Morgan fingerprint density at radius 2 is 1.86 bits per heavy atom. The number of esters is 1. The number of amides is 1. The summed E-state index contributed by atoms with van der Waals surface area (Å²) in [5.41, 5.74) is 0.765. The van der Waals surface area contributed by atoms with Crippen molar-refractivity contribution in [3.63, 3.8) is 0 Å². The van der Waals surface area contributed by atoms with Gasteiger partial charge in [0.25, 0.3) is 5.91 Å². The van der Waals surface area contributed by atoms with E-state index in [1.165, 1.54) is 29.4 Å². The van der Waals surface area contributed by atoms with Crippen LogP contribution in [0.5, 0.6) is 0 Å². The minimum absolute atomic E-state index is 0.0815. The second kappa shape index (κ2) is 9.38. The number of carbonyl (C=O) groups excluding carboxylic acids is 2. The van der Waals surface area contributed by atoms with Gasteiger partial charge in [0.1, 0.15) is 6.54 Å². The summed E-state index contributed by atoms with van der Waals surface area (Å²) in [6.07, 6.45) is 1.66. The summed E-state index contributed by atoms with van der Waals surface area (Å²) in [6.45, 7) is 5.46. The number of anilines is 1. The first-order valence-electron chi connectivity index (χ1n) is 9.36. The molecule has 0 spiro atoms. The molecule has 156 valence electrons. The number of hydrogen-bond acceptors (Lipinski definition) is 6. The van der Waals surface area contributed by atoms with Crippen LogP contribution in [0.1, 0.15) is 37.0 Å². The first-order valence-corrected chi connectivity index (χ1v) is 10.8. The Balaban J connectivity index is 2.39. The highest BCUT2D eigenvalue weighted by atomic mass is 32.2. The van der Waals surface area contributed by atoms with Crippen LogP contribution in [-0.4, -0.2) is 69.8 Å². The fourth-order valence-corrected chi connectivity index (χ4v) is 4.51. The number of nitrogens with one attached hydrogen (secondary N) is 1. The number of nitrogens with zero attached hydrogens (tertiary/aromatic N) is 2. The van der Waals surface area contributed by atoms with E-state index in [9.17, 15) is 18.0 Å². The number of carbonyl (C=O) groups is 2. The van der Waals surface area contributed by atoms with Gasteiger partial charge in [-0.05, 0) is 37.0 Å². The average Bonchev–Trinajstić information content (AvgIpc) is 3.20. The van der Waals surface area contributed by atoms with Gasteiger partial charge in [-0.25, -0.2) is 8.42 Å². The predicted octanol–water partition coefficient (Wildman–Crippen LogP) is 1.78. The van der Waals surface area contributed by atoms with E-state index in [1.807, 2.05) is 13.8 Å². The molecule has 0 unspecified atom stereocenters. The maximum atomic E-state index is 13.0. The van der Waals surface area contributed by atoms with E-state index in [0.29, 0.717) is 31.2 Å². The Morgan fingerprint density at radius 3 is 2.43 bits per heavy atom. The van der Waals surface area contributed by atoms with Crippen molar-refractivity contribution >= 4 is 27.6 Å². The van der Waals surface area contributed by atoms with Crippen molar-refractivity contribution in [3.8, 4) is 0 Å². The van der Waals surface area contributed by atoms with E-state index in [-0.39, 0.29) is 17.0 Å². The summed E-state index contributed by atoms with van der Waals surface area (Å²) >= 11 is 0. The highest BCUT2D eigenvalue weighted by Crippen LogP contribution is 2.26. The number of rotatable bonds is 8. The van der Waals surface area contributed by atoms with Crippen molar-refractivity contribution in [2.24, 2.45) is 5.92 Å². The van der Waals surface area contributed by atoms with Crippen LogP contribution in [0, 0.1) is 5.92 Å². The Bertz CT molecular complexity index is 817. The fraction of sp³-hybridized carbons (Fsp3) is 0.579. The SMILES string of the molecule is COC(=O)CN(C)C(=O)c1cc(NCC(C)C)cc(S(=O)(=O)N2CCCC2)c1. The molecule has 0 atom stereocenters. The molecule has 1 heterocycles. The zero-order valence-electron chi connectivity index (χ0n) is 16.9. The van der Waals surface area contributed by atoms with Crippen LogP contribution in [-0.2, 0) is 19.6 Å². The molecular formula is C19H29N3O5S. The third-order valence-corrected chi connectivity index (χ3v) is 6.39. The fourth-order valence-electron chi connectivity index (χ4n) is 2.92. The molecule has 0 bridgehead atoms. The molecule has 1 aromatic carbocycles. The lowest BCUT2D eigenvalue weighted by Crippen LogP contribution is -2.33. The van der Waals surface area contributed by atoms with Gasteiger partial charge < -0.3 is 15.0 Å². The summed E-state index contributed by atoms with van der Waals surface area (Å²) in [6, 6.07) is 4.55. The molecule has 1 aliphatic heterocycles. The Hall–Kier alpha value is -2.13. The van der Waals surface area contributed by atoms with Crippen molar-refractivity contribution in [1.29, 1.82) is 0 Å². The van der Waals surface area contributed by atoms with E-state index in [1.54, 1.807) is 12.1 Å². The normalized spacial score (nSPS) is 14.9. The maximum absolute atomic E-state index is 13.0. The Kier molecular flexibility index (Phi) is 7.42. The van der Waals surface area contributed by atoms with Gasteiger partial charge in [-0.2, -0.15) is 4.31 Å². The Morgan fingerprint density at radius 1 is 1.21 bits per heavy atom. The summed E-state index contributed by atoms with van der Waals surface area (Å²) in [5, 5.41) is 3.19. The standard InChI is InChI=1S/C19H29N3O5S/c1-14(2)12-20-16-9-15(19(24)21(3)13-18(23)27-4)10-17(11-16)28(25,26)22-7-5-6-8-22/h9-11,14,20H,5-8,12-13H2,1-4H3. The van der Waals surface area contributed by atoms with Crippen molar-refractivity contribution in [1.82, 2.24) is 9.21 Å². The van der Waals surface area contributed by atoms with Gasteiger partial charge in [-0.15, -0.1) is 0 Å². The highest BCUT2D eigenvalue weighted by Gasteiger charge is 2.29. The molecular weight excluding hydrogens is 382 g/mol. The zero-order chi connectivity index (χ0) is 20.9. The monoisotopic (exact) mass is 411 g/mol. The van der Waals surface area contributed by atoms with Crippen LogP contribution in [0.4, 0.5) is 5.69 Å². The van der Waals surface area contributed by atoms with Crippen molar-refractivity contribution in [2.75, 3.05) is 45.7 Å². The second-order valence-corrected chi connectivity index (χ2v) is 9.31. The molecule has 1 fully saturated rings. The second-order valence-electron chi connectivity index (χ2n) is 7.37. The minimum atomic E-state index is -3.68. The van der Waals surface area contributed by atoms with Crippen LogP contribution in [0.2, 0.25) is 0 Å². The predicted molar refractivity (Wildman–Crippen MR) is 107 cm³/mol. The molecule has 1 aliphatic rings. The molecule has 0 saturated carbocycles. The average molecular weight is 412 g/mol. The number of hydrogen-bond donors (Lipinski definition) is 1. The first kappa shape index (κ1) is 22.2. The van der Waals surface area contributed by atoms with Gasteiger partial charge in [0.2, 0.25) is 10.0 Å². The van der Waals surface area contributed by atoms with Crippen molar-refractivity contribution in [2.45, 2.75) is 31.6 Å². The van der Waals surface area contributed by atoms with E-state index in [4.69, 9.17) is 0 Å². The van der Waals surface area contributed by atoms with E-state index in [2.05, 4.69) is 10.1 Å². The summed E-state index contributed by atoms with van der Waals surface area (Å²) < 4.78 is 32.0. The molecule has 0 radical (unpaired) electrons. The Labute approximate surface area is 166 Å². The van der Waals surface area contributed by atoms with E-state index in [0.717, 1.165) is 12.8 Å². The molecule has 0 aromatic heterocycles. The van der Waals surface area contributed by atoms with Crippen LogP contribution < -0.4 is 5.32 Å². The largest absolute Gasteiger partial charge is 0.468 e. The van der Waals surface area contributed by atoms with Crippen LogP contribution in [0.3, 0.4) is 0 Å². The lowest BCUT2D eigenvalue weighted by Gasteiger charge is -2.20. The molecule has 1 N–H and O–H groups in total. The first-order chi connectivity index (χ1) is 13.1. The molecule has 1 aromatic rings. The number of ether oxygens (including phenoxy) is 1. The van der Waals surface area contributed by atoms with Gasteiger partial charge in [0.15, 0.2) is 0 Å². The van der Waals surface area contributed by atoms with Gasteiger partial charge in [0.05, 0.1) is 12.0 Å². The molecule has 28 heavy (non-hydrogen) atoms. The summed E-state index contributed by atoms with van der Waals surface area (Å²) in [7, 11) is -0.956. The van der Waals surface area contributed by atoms with Crippen molar-refractivity contribution in [3.05, 3.63) is 23.8 Å². The molecule has 0 aliphatic carbocycles. The van der Waals surface area contributed by atoms with Gasteiger partial charge in [-0.3, -0.25) is 9.59 Å². The quantitative estimate of drug-likeness (QED) is 0.655. The topological polar surface area (TPSA) is 96.0 Å². The van der Waals surface area contributed by atoms with Crippen LogP contribution >= 0.6 is 0 Å².